The standard InChI is InChI=1S/C9H16FNO2.ClH/c1-3-13-8(12)9(2)4-5-11-6-7(9)10;/h7,11H,3-6H2,1-2H3;1H. The number of alkyl halides is 1. The molecular weight excluding hydrogens is 209 g/mol. The summed E-state index contributed by atoms with van der Waals surface area (Å²) < 4.78 is 18.3. The number of nitrogens with one attached hydrogen (secondary N) is 1. The second-order valence-corrected chi connectivity index (χ2v) is 3.56. The average Bonchev–Trinajstić information content (AvgIpc) is 2.11. The number of piperidine rings is 1. The van der Waals surface area contributed by atoms with E-state index in [9.17, 15) is 9.18 Å². The molecule has 1 rings (SSSR count). The second kappa shape index (κ2) is 5.51. The monoisotopic (exact) mass is 225 g/mol. The minimum absolute atomic E-state index is 0. The summed E-state index contributed by atoms with van der Waals surface area (Å²) in [6, 6.07) is 0. The molecule has 0 bridgehead atoms. The van der Waals surface area contributed by atoms with Gasteiger partial charge in [0.2, 0.25) is 0 Å². The fourth-order valence-electron chi connectivity index (χ4n) is 1.48. The van der Waals surface area contributed by atoms with E-state index in [1.807, 2.05) is 0 Å². The van der Waals surface area contributed by atoms with Crippen LogP contribution in [-0.2, 0) is 9.53 Å². The molecular formula is C9H17ClFNO2. The number of halogens is 2. The summed E-state index contributed by atoms with van der Waals surface area (Å²) in [5.41, 5.74) is -0.943. The quantitative estimate of drug-likeness (QED) is 0.721. The highest BCUT2D eigenvalue weighted by atomic mass is 35.5. The van der Waals surface area contributed by atoms with Crippen LogP contribution in [0.25, 0.3) is 0 Å². The number of hydrogen-bond acceptors (Lipinski definition) is 3. The van der Waals surface area contributed by atoms with Crippen molar-refractivity contribution >= 4 is 18.4 Å². The summed E-state index contributed by atoms with van der Waals surface area (Å²) in [5.74, 6) is -0.413. The van der Waals surface area contributed by atoms with Crippen LogP contribution in [-0.4, -0.2) is 31.8 Å². The van der Waals surface area contributed by atoms with Gasteiger partial charge in [0.15, 0.2) is 0 Å². The lowest BCUT2D eigenvalue weighted by Crippen LogP contribution is -2.50. The number of ether oxygens (including phenoxy) is 1. The van der Waals surface area contributed by atoms with E-state index in [2.05, 4.69) is 5.32 Å². The van der Waals surface area contributed by atoms with E-state index >= 15 is 0 Å². The smallest absolute Gasteiger partial charge is 0.314 e. The Morgan fingerprint density at radius 3 is 2.86 bits per heavy atom. The van der Waals surface area contributed by atoms with E-state index in [4.69, 9.17) is 4.74 Å². The van der Waals surface area contributed by atoms with Crippen molar-refractivity contribution in [3.05, 3.63) is 0 Å². The summed E-state index contributed by atoms with van der Waals surface area (Å²) in [4.78, 5) is 11.4. The first kappa shape index (κ1) is 13.7. The zero-order valence-electron chi connectivity index (χ0n) is 8.51. The van der Waals surface area contributed by atoms with Crippen LogP contribution in [0.4, 0.5) is 4.39 Å². The van der Waals surface area contributed by atoms with Crippen molar-refractivity contribution in [3.63, 3.8) is 0 Å². The first-order valence-electron chi connectivity index (χ1n) is 4.63. The molecule has 1 N–H and O–H groups in total. The first-order valence-corrected chi connectivity index (χ1v) is 4.63. The van der Waals surface area contributed by atoms with Gasteiger partial charge in [-0.15, -0.1) is 12.4 Å². The highest BCUT2D eigenvalue weighted by Gasteiger charge is 2.44. The molecule has 1 aliphatic rings. The fraction of sp³-hybridized carbons (Fsp3) is 0.889. The Hall–Kier alpha value is -0.350. The molecule has 14 heavy (non-hydrogen) atoms. The predicted octanol–water partition coefficient (Wildman–Crippen LogP) is 1.31. The topological polar surface area (TPSA) is 38.3 Å². The molecule has 84 valence electrons. The largest absolute Gasteiger partial charge is 0.465 e. The van der Waals surface area contributed by atoms with Crippen molar-refractivity contribution in [2.75, 3.05) is 19.7 Å². The fourth-order valence-corrected chi connectivity index (χ4v) is 1.48. The molecule has 2 atom stereocenters. The van der Waals surface area contributed by atoms with Gasteiger partial charge in [0.25, 0.3) is 0 Å². The number of hydrogen-bond donors (Lipinski definition) is 1. The Labute approximate surface area is 89.8 Å². The van der Waals surface area contributed by atoms with Crippen LogP contribution < -0.4 is 5.32 Å². The maximum absolute atomic E-state index is 13.4. The summed E-state index contributed by atoms with van der Waals surface area (Å²) >= 11 is 0. The SMILES string of the molecule is CCOC(=O)C1(C)CCNCC1F.Cl. The van der Waals surface area contributed by atoms with E-state index in [0.717, 1.165) is 0 Å². The van der Waals surface area contributed by atoms with E-state index in [1.165, 1.54) is 0 Å². The maximum Gasteiger partial charge on any atom is 0.314 e. The Kier molecular flexibility index (Phi) is 5.37. The molecule has 5 heteroatoms. The molecule has 0 aromatic rings. The van der Waals surface area contributed by atoms with Crippen molar-refractivity contribution in [2.24, 2.45) is 5.41 Å². The minimum atomic E-state index is -1.14. The average molecular weight is 226 g/mol. The molecule has 3 nitrogen and oxygen atoms in total. The lowest BCUT2D eigenvalue weighted by Gasteiger charge is -2.34. The zero-order valence-corrected chi connectivity index (χ0v) is 9.32. The molecule has 0 spiro atoms. The van der Waals surface area contributed by atoms with Crippen molar-refractivity contribution in [2.45, 2.75) is 26.4 Å². The van der Waals surface area contributed by atoms with Crippen LogP contribution in [0.5, 0.6) is 0 Å². The highest BCUT2D eigenvalue weighted by molar-refractivity contribution is 5.85. The third-order valence-electron chi connectivity index (χ3n) is 2.58. The number of carbonyl (C=O) groups is 1. The van der Waals surface area contributed by atoms with E-state index in [0.29, 0.717) is 19.6 Å². The van der Waals surface area contributed by atoms with Gasteiger partial charge in [0, 0.05) is 6.54 Å². The molecule has 0 saturated carbocycles. The maximum atomic E-state index is 13.4. The molecule has 0 aromatic carbocycles. The lowest BCUT2D eigenvalue weighted by molar-refractivity contribution is -0.160. The molecule has 0 radical (unpaired) electrons. The Morgan fingerprint density at radius 2 is 2.36 bits per heavy atom. The summed E-state index contributed by atoms with van der Waals surface area (Å²) in [6.07, 6.45) is -0.632. The van der Waals surface area contributed by atoms with E-state index < -0.39 is 17.6 Å². The second-order valence-electron chi connectivity index (χ2n) is 3.56. The molecule has 2 unspecified atom stereocenters. The lowest BCUT2D eigenvalue weighted by atomic mass is 9.79. The molecule has 1 aliphatic heterocycles. The van der Waals surface area contributed by atoms with Gasteiger partial charge in [-0.2, -0.15) is 0 Å². The van der Waals surface area contributed by atoms with Crippen LogP contribution in [0, 0.1) is 5.41 Å². The molecule has 1 heterocycles. The molecule has 0 aliphatic carbocycles. The Morgan fingerprint density at radius 1 is 1.71 bits per heavy atom. The van der Waals surface area contributed by atoms with Gasteiger partial charge in [0.1, 0.15) is 6.17 Å². The Bertz CT molecular complexity index is 203. The van der Waals surface area contributed by atoms with E-state index in [1.54, 1.807) is 13.8 Å². The van der Waals surface area contributed by atoms with Gasteiger partial charge in [-0.05, 0) is 26.8 Å². The van der Waals surface area contributed by atoms with Crippen LogP contribution in [0.15, 0.2) is 0 Å². The van der Waals surface area contributed by atoms with Gasteiger partial charge >= 0.3 is 5.97 Å². The third-order valence-corrected chi connectivity index (χ3v) is 2.58. The van der Waals surface area contributed by atoms with Gasteiger partial charge in [0.05, 0.1) is 12.0 Å². The number of carbonyl (C=O) groups excluding carboxylic acids is 1. The van der Waals surface area contributed by atoms with Gasteiger partial charge < -0.3 is 10.1 Å². The number of rotatable bonds is 2. The minimum Gasteiger partial charge on any atom is -0.465 e. The third kappa shape index (κ3) is 2.58. The Balaban J connectivity index is 0.00000169. The van der Waals surface area contributed by atoms with Gasteiger partial charge in [-0.25, -0.2) is 4.39 Å². The molecule has 0 amide bonds. The van der Waals surface area contributed by atoms with Crippen molar-refractivity contribution in [3.8, 4) is 0 Å². The van der Waals surface area contributed by atoms with Crippen LogP contribution in [0.1, 0.15) is 20.3 Å². The van der Waals surface area contributed by atoms with E-state index in [-0.39, 0.29) is 19.0 Å². The van der Waals surface area contributed by atoms with Crippen molar-refractivity contribution in [1.29, 1.82) is 0 Å². The highest BCUT2D eigenvalue weighted by Crippen LogP contribution is 2.32. The number of esters is 1. The summed E-state index contributed by atoms with van der Waals surface area (Å²) in [7, 11) is 0. The molecule has 1 saturated heterocycles. The van der Waals surface area contributed by atoms with Crippen LogP contribution >= 0.6 is 12.4 Å². The van der Waals surface area contributed by atoms with Gasteiger partial charge in [-0.3, -0.25) is 4.79 Å². The summed E-state index contributed by atoms with van der Waals surface area (Å²) in [5, 5.41) is 2.90. The molecule has 0 aromatic heterocycles. The van der Waals surface area contributed by atoms with Gasteiger partial charge in [-0.1, -0.05) is 0 Å². The van der Waals surface area contributed by atoms with Crippen LogP contribution in [0.3, 0.4) is 0 Å². The zero-order chi connectivity index (χ0) is 9.90. The normalized spacial score (nSPS) is 31.8. The van der Waals surface area contributed by atoms with Crippen molar-refractivity contribution in [1.82, 2.24) is 5.32 Å². The summed E-state index contributed by atoms with van der Waals surface area (Å²) in [6.45, 7) is 4.60. The van der Waals surface area contributed by atoms with Crippen LogP contribution in [0.2, 0.25) is 0 Å². The first-order chi connectivity index (χ1) is 6.11. The van der Waals surface area contributed by atoms with Crippen molar-refractivity contribution < 1.29 is 13.9 Å². The predicted molar refractivity (Wildman–Crippen MR) is 54.4 cm³/mol. The molecule has 1 fully saturated rings.